The van der Waals surface area contributed by atoms with E-state index >= 15 is 0 Å². The third-order valence-corrected chi connectivity index (χ3v) is 6.75. The van der Waals surface area contributed by atoms with Gasteiger partial charge in [0.1, 0.15) is 12.1 Å². The van der Waals surface area contributed by atoms with Gasteiger partial charge in [-0.2, -0.15) is 0 Å². The molecule has 5 rings (SSSR count). The molecule has 1 fully saturated rings. The fraction of sp³-hybridized carbons (Fsp3) is 0.296. The van der Waals surface area contributed by atoms with E-state index < -0.39 is 0 Å². The molecule has 0 saturated carbocycles. The highest BCUT2D eigenvalue weighted by Gasteiger charge is 2.33. The Morgan fingerprint density at radius 3 is 2.26 bits per heavy atom. The first-order valence-corrected chi connectivity index (χ1v) is 11.7. The normalized spacial score (nSPS) is 17.2. The summed E-state index contributed by atoms with van der Waals surface area (Å²) in [6, 6.07) is 28.2. The molecule has 0 spiro atoms. The third-order valence-electron chi connectivity index (χ3n) is 6.75. The number of ether oxygens (including phenoxy) is 1. The van der Waals surface area contributed by atoms with Crippen LogP contribution < -0.4 is 4.74 Å². The molecule has 1 aromatic heterocycles. The zero-order valence-electron chi connectivity index (χ0n) is 19.7. The van der Waals surface area contributed by atoms with Gasteiger partial charge >= 0.3 is 0 Å². The van der Waals surface area contributed by atoms with Gasteiger partial charge in [0.05, 0.1) is 12.8 Å². The average molecular weight is 455 g/mol. The fourth-order valence-corrected chi connectivity index (χ4v) is 4.97. The second-order valence-electron chi connectivity index (χ2n) is 8.83. The van der Waals surface area contributed by atoms with Gasteiger partial charge in [0, 0.05) is 43.7 Å². The van der Waals surface area contributed by atoms with Gasteiger partial charge in [-0.25, -0.2) is 4.68 Å². The highest BCUT2D eigenvalue weighted by Crippen LogP contribution is 2.33. The van der Waals surface area contributed by atoms with Gasteiger partial charge < -0.3 is 4.74 Å². The van der Waals surface area contributed by atoms with Gasteiger partial charge in [-0.3, -0.25) is 9.80 Å². The largest absolute Gasteiger partial charge is 0.496 e. The molecular formula is C27H30N6O. The van der Waals surface area contributed by atoms with Gasteiger partial charge in [-0.15, -0.1) is 5.10 Å². The van der Waals surface area contributed by atoms with E-state index in [-0.39, 0.29) is 0 Å². The maximum absolute atomic E-state index is 5.70. The van der Waals surface area contributed by atoms with E-state index in [0.717, 1.165) is 43.2 Å². The first-order valence-electron chi connectivity index (χ1n) is 11.7. The summed E-state index contributed by atoms with van der Waals surface area (Å²) in [5.74, 6) is 1.18. The Labute approximate surface area is 200 Å². The third kappa shape index (κ3) is 4.71. The molecule has 3 aromatic carbocycles. The van der Waals surface area contributed by atoms with E-state index in [1.165, 1.54) is 11.1 Å². The van der Waals surface area contributed by atoms with Gasteiger partial charge in [-0.1, -0.05) is 60.7 Å². The summed E-state index contributed by atoms with van der Waals surface area (Å²) < 4.78 is 7.37. The van der Waals surface area contributed by atoms with Gasteiger partial charge in [0.15, 0.2) is 0 Å². The SMILES string of the molecule is COc1ccc(-n2cnnn2)cc1CN1CCN(C)C(C(c2ccccc2)c2ccccc2)C1. The molecular weight excluding hydrogens is 424 g/mol. The lowest BCUT2D eigenvalue weighted by molar-refractivity contribution is 0.0810. The Balaban J connectivity index is 1.43. The number of likely N-dealkylation sites (N-methyl/N-ethyl adjacent to an activating group) is 1. The number of rotatable bonds is 7. The van der Waals surface area contributed by atoms with Crippen molar-refractivity contribution in [3.8, 4) is 11.4 Å². The summed E-state index contributed by atoms with van der Waals surface area (Å²) in [5.41, 5.74) is 4.77. The van der Waals surface area contributed by atoms with Crippen LogP contribution in [0.3, 0.4) is 0 Å². The quantitative estimate of drug-likeness (QED) is 0.425. The Bertz CT molecular complexity index is 1140. The van der Waals surface area contributed by atoms with Crippen LogP contribution in [0.25, 0.3) is 5.69 Å². The predicted octanol–water partition coefficient (Wildman–Crippen LogP) is 3.62. The van der Waals surface area contributed by atoms with Crippen molar-refractivity contribution in [1.82, 2.24) is 30.0 Å². The standard InChI is InChI=1S/C27H30N6O/c1-31-15-16-32(18-23-17-24(13-14-26(23)34-2)33-20-28-29-30-33)19-25(31)27(21-9-5-3-6-10-21)22-11-7-4-8-12-22/h3-14,17,20,25,27H,15-16,18-19H2,1-2H3. The number of piperazine rings is 1. The van der Waals surface area contributed by atoms with E-state index in [4.69, 9.17) is 4.74 Å². The van der Waals surface area contributed by atoms with Crippen LogP contribution in [0, 0.1) is 0 Å². The zero-order chi connectivity index (χ0) is 23.3. The average Bonchev–Trinajstić information content (AvgIpc) is 3.43. The number of aromatic nitrogens is 4. The van der Waals surface area contributed by atoms with E-state index in [1.54, 1.807) is 18.1 Å². The minimum absolute atomic E-state index is 0.296. The maximum atomic E-state index is 5.70. The fourth-order valence-electron chi connectivity index (χ4n) is 4.97. The molecule has 0 N–H and O–H groups in total. The van der Waals surface area contributed by atoms with Crippen LogP contribution in [0.5, 0.6) is 5.75 Å². The minimum atomic E-state index is 0.296. The van der Waals surface area contributed by atoms with Crippen LogP contribution in [0.4, 0.5) is 0 Å². The number of hydrogen-bond acceptors (Lipinski definition) is 6. The summed E-state index contributed by atoms with van der Waals surface area (Å²) in [6.07, 6.45) is 1.61. The molecule has 1 aliphatic heterocycles. The zero-order valence-corrected chi connectivity index (χ0v) is 19.7. The van der Waals surface area contributed by atoms with Crippen molar-refractivity contribution < 1.29 is 4.74 Å². The molecule has 7 nitrogen and oxygen atoms in total. The molecule has 1 aliphatic rings. The van der Waals surface area contributed by atoms with E-state index in [9.17, 15) is 0 Å². The number of benzene rings is 3. The highest BCUT2D eigenvalue weighted by molar-refractivity contribution is 5.44. The van der Waals surface area contributed by atoms with Gasteiger partial charge in [0.2, 0.25) is 0 Å². The maximum Gasteiger partial charge on any atom is 0.143 e. The summed E-state index contributed by atoms with van der Waals surface area (Å²) in [7, 11) is 3.98. The first-order chi connectivity index (χ1) is 16.7. The van der Waals surface area contributed by atoms with Crippen molar-refractivity contribution in [3.05, 3.63) is 102 Å². The molecule has 0 bridgehead atoms. The van der Waals surface area contributed by atoms with Crippen LogP contribution in [0.2, 0.25) is 0 Å². The molecule has 7 heteroatoms. The van der Waals surface area contributed by atoms with Crippen LogP contribution >= 0.6 is 0 Å². The predicted molar refractivity (Wildman–Crippen MR) is 132 cm³/mol. The first kappa shape index (κ1) is 22.3. The number of tetrazole rings is 1. The smallest absolute Gasteiger partial charge is 0.143 e. The summed E-state index contributed by atoms with van der Waals surface area (Å²) >= 11 is 0. The van der Waals surface area contributed by atoms with E-state index in [0.29, 0.717) is 12.0 Å². The Kier molecular flexibility index (Phi) is 6.65. The number of nitrogens with zero attached hydrogens (tertiary/aromatic N) is 6. The second kappa shape index (κ2) is 10.2. The van der Waals surface area contributed by atoms with E-state index in [1.807, 2.05) is 12.1 Å². The van der Waals surface area contributed by atoms with Crippen molar-refractivity contribution >= 4 is 0 Å². The Morgan fingerprint density at radius 1 is 0.941 bits per heavy atom. The van der Waals surface area contributed by atoms with Crippen molar-refractivity contribution in [1.29, 1.82) is 0 Å². The molecule has 2 heterocycles. The molecule has 1 unspecified atom stereocenters. The van der Waals surface area contributed by atoms with Crippen molar-refractivity contribution in [3.63, 3.8) is 0 Å². The Morgan fingerprint density at radius 2 is 1.65 bits per heavy atom. The number of hydrogen-bond donors (Lipinski definition) is 0. The summed E-state index contributed by atoms with van der Waals surface area (Å²) in [4.78, 5) is 5.04. The Hall–Kier alpha value is -3.55. The summed E-state index contributed by atoms with van der Waals surface area (Å²) in [5, 5.41) is 11.6. The van der Waals surface area contributed by atoms with Crippen LogP contribution in [0.15, 0.2) is 85.2 Å². The molecule has 0 radical (unpaired) electrons. The lowest BCUT2D eigenvalue weighted by Crippen LogP contribution is -2.53. The lowest BCUT2D eigenvalue weighted by atomic mass is 9.83. The van der Waals surface area contributed by atoms with Crippen LogP contribution in [0.1, 0.15) is 22.6 Å². The number of methoxy groups -OCH3 is 1. The minimum Gasteiger partial charge on any atom is -0.496 e. The molecule has 34 heavy (non-hydrogen) atoms. The van der Waals surface area contributed by atoms with Crippen LogP contribution in [-0.2, 0) is 6.54 Å². The summed E-state index contributed by atoms with van der Waals surface area (Å²) in [6.45, 7) is 3.78. The molecule has 1 saturated heterocycles. The van der Waals surface area contributed by atoms with Crippen LogP contribution in [-0.4, -0.2) is 69.8 Å². The molecule has 0 aliphatic carbocycles. The lowest BCUT2D eigenvalue weighted by Gasteiger charge is -2.43. The monoisotopic (exact) mass is 454 g/mol. The van der Waals surface area contributed by atoms with Gasteiger partial charge in [0.25, 0.3) is 0 Å². The van der Waals surface area contributed by atoms with Crippen molar-refractivity contribution in [2.45, 2.75) is 18.5 Å². The topological polar surface area (TPSA) is 59.3 Å². The van der Waals surface area contributed by atoms with Gasteiger partial charge in [-0.05, 0) is 46.8 Å². The van der Waals surface area contributed by atoms with Crippen molar-refractivity contribution in [2.24, 2.45) is 0 Å². The van der Waals surface area contributed by atoms with E-state index in [2.05, 4.69) is 99.1 Å². The molecule has 1 atom stereocenters. The molecule has 4 aromatic rings. The molecule has 174 valence electrons. The highest BCUT2D eigenvalue weighted by atomic mass is 16.5. The molecule has 0 amide bonds. The van der Waals surface area contributed by atoms with Crippen molar-refractivity contribution in [2.75, 3.05) is 33.8 Å². The second-order valence-corrected chi connectivity index (χ2v) is 8.83.